The molecule has 0 aliphatic heterocycles. The minimum Gasteiger partial charge on any atom is -0.381 e. The zero-order chi connectivity index (χ0) is 23.8. The van der Waals surface area contributed by atoms with Crippen molar-refractivity contribution in [1.82, 2.24) is 10.6 Å². The number of amides is 3. The lowest BCUT2D eigenvalue weighted by molar-refractivity contribution is -0.134. The molecule has 5 N–H and O–H groups in total. The molecule has 3 aromatic carbocycles. The Labute approximate surface area is 200 Å². The lowest BCUT2D eigenvalue weighted by Gasteiger charge is -2.26. The molecular weight excluding hydrogens is 486 g/mol. The topological polar surface area (TPSA) is 122 Å². The van der Waals surface area contributed by atoms with Crippen molar-refractivity contribution in [2.24, 2.45) is 5.73 Å². The van der Waals surface area contributed by atoms with E-state index in [9.17, 15) is 19.5 Å². The van der Waals surface area contributed by atoms with E-state index in [1.807, 2.05) is 12.1 Å². The van der Waals surface area contributed by atoms with Gasteiger partial charge in [0.15, 0.2) is 6.10 Å². The zero-order valence-corrected chi connectivity index (χ0v) is 19.2. The Morgan fingerprint density at radius 3 is 2.03 bits per heavy atom. The van der Waals surface area contributed by atoms with Gasteiger partial charge in [-0.2, -0.15) is 0 Å². The Hall–Kier alpha value is -3.49. The van der Waals surface area contributed by atoms with E-state index in [0.717, 1.165) is 10.0 Å². The smallest absolute Gasteiger partial charge is 0.252 e. The van der Waals surface area contributed by atoms with Gasteiger partial charge in [-0.3, -0.25) is 14.4 Å². The van der Waals surface area contributed by atoms with Gasteiger partial charge in [0.1, 0.15) is 6.04 Å². The van der Waals surface area contributed by atoms with Crippen LogP contribution in [-0.2, 0) is 16.0 Å². The van der Waals surface area contributed by atoms with Crippen LogP contribution in [0, 0.1) is 0 Å². The molecule has 0 radical (unpaired) electrons. The molecule has 0 bridgehead atoms. The first-order valence-corrected chi connectivity index (χ1v) is 11.1. The van der Waals surface area contributed by atoms with Gasteiger partial charge >= 0.3 is 0 Å². The fourth-order valence-electron chi connectivity index (χ4n) is 3.33. The molecule has 0 heterocycles. The van der Waals surface area contributed by atoms with Gasteiger partial charge < -0.3 is 21.5 Å². The highest BCUT2D eigenvalue weighted by molar-refractivity contribution is 9.10. The molecule has 8 heteroatoms. The highest BCUT2D eigenvalue weighted by atomic mass is 79.9. The minimum atomic E-state index is -1.67. The maximum atomic E-state index is 12.9. The molecule has 0 saturated heterocycles. The number of carbonyl (C=O) groups is 3. The van der Waals surface area contributed by atoms with Gasteiger partial charge in [-0.05, 0) is 29.3 Å². The van der Waals surface area contributed by atoms with E-state index < -0.39 is 35.9 Å². The largest absolute Gasteiger partial charge is 0.381 e. The Kier molecular flexibility index (Phi) is 8.34. The first-order chi connectivity index (χ1) is 15.9. The quantitative estimate of drug-likeness (QED) is 0.354. The van der Waals surface area contributed by atoms with E-state index in [1.165, 1.54) is 0 Å². The van der Waals surface area contributed by atoms with Crippen LogP contribution >= 0.6 is 15.9 Å². The van der Waals surface area contributed by atoms with E-state index in [-0.39, 0.29) is 6.42 Å². The van der Waals surface area contributed by atoms with Crippen molar-refractivity contribution in [3.05, 3.63) is 106 Å². The molecule has 0 unspecified atom stereocenters. The molecular formula is C25H24BrN3O4. The van der Waals surface area contributed by atoms with Crippen LogP contribution in [0.5, 0.6) is 0 Å². The van der Waals surface area contributed by atoms with Crippen LogP contribution in [0.15, 0.2) is 89.4 Å². The molecule has 0 aliphatic rings. The van der Waals surface area contributed by atoms with E-state index in [4.69, 9.17) is 5.73 Å². The van der Waals surface area contributed by atoms with E-state index in [1.54, 1.807) is 72.8 Å². The Morgan fingerprint density at radius 1 is 0.848 bits per heavy atom. The summed E-state index contributed by atoms with van der Waals surface area (Å²) >= 11 is 3.41. The first-order valence-electron chi connectivity index (χ1n) is 10.3. The van der Waals surface area contributed by atoms with Gasteiger partial charge in [0, 0.05) is 16.5 Å². The number of hydrogen-bond donors (Lipinski definition) is 4. The number of carbonyl (C=O) groups excluding carboxylic acids is 3. The number of benzene rings is 3. The molecule has 3 aromatic rings. The molecule has 3 atom stereocenters. The summed E-state index contributed by atoms with van der Waals surface area (Å²) < 4.78 is 0.767. The van der Waals surface area contributed by atoms with Crippen molar-refractivity contribution in [3.8, 4) is 0 Å². The van der Waals surface area contributed by atoms with Crippen molar-refractivity contribution < 1.29 is 19.5 Å². The number of rotatable bonds is 9. The molecule has 3 amide bonds. The normalized spacial score (nSPS) is 13.4. The van der Waals surface area contributed by atoms with Crippen LogP contribution in [0.2, 0.25) is 0 Å². The number of aliphatic hydroxyl groups excluding tert-OH is 1. The maximum absolute atomic E-state index is 12.9. The number of halogens is 1. The van der Waals surface area contributed by atoms with Crippen molar-refractivity contribution in [2.45, 2.75) is 24.6 Å². The van der Waals surface area contributed by atoms with Gasteiger partial charge in [0.2, 0.25) is 5.91 Å². The molecule has 3 rings (SSSR count). The summed E-state index contributed by atoms with van der Waals surface area (Å²) in [7, 11) is 0. The third-order valence-corrected chi connectivity index (χ3v) is 5.88. The van der Waals surface area contributed by atoms with Crippen LogP contribution < -0.4 is 16.4 Å². The second-order valence-corrected chi connectivity index (χ2v) is 8.29. The van der Waals surface area contributed by atoms with Crippen molar-refractivity contribution in [3.63, 3.8) is 0 Å². The van der Waals surface area contributed by atoms with Crippen LogP contribution in [-0.4, -0.2) is 35.0 Å². The summed E-state index contributed by atoms with van der Waals surface area (Å²) in [6.45, 7) is 0. The predicted octanol–water partition coefficient (Wildman–Crippen LogP) is 2.49. The number of aliphatic hydroxyl groups is 1. The summed E-state index contributed by atoms with van der Waals surface area (Å²) in [6, 6.07) is 22.3. The number of primary amides is 1. The molecule has 0 saturated carbocycles. The number of nitrogens with one attached hydrogen (secondary N) is 2. The second kappa shape index (κ2) is 11.4. The summed E-state index contributed by atoms with van der Waals surface area (Å²) in [4.78, 5) is 37.7. The molecule has 33 heavy (non-hydrogen) atoms. The zero-order valence-electron chi connectivity index (χ0n) is 17.6. The van der Waals surface area contributed by atoms with Gasteiger partial charge in [-0.1, -0.05) is 82.7 Å². The fraction of sp³-hybridized carbons (Fsp3) is 0.160. The Balaban J connectivity index is 1.79. The highest BCUT2D eigenvalue weighted by Gasteiger charge is 2.32. The monoisotopic (exact) mass is 509 g/mol. The average Bonchev–Trinajstić information content (AvgIpc) is 2.83. The third kappa shape index (κ3) is 6.50. The molecule has 0 aromatic heterocycles. The Bertz CT molecular complexity index is 1110. The predicted molar refractivity (Wildman–Crippen MR) is 128 cm³/mol. The lowest BCUT2D eigenvalue weighted by atomic mass is 9.99. The molecule has 7 nitrogen and oxygen atoms in total. The van der Waals surface area contributed by atoms with Crippen LogP contribution in [0.4, 0.5) is 0 Å². The standard InChI is InChI=1S/C25H24BrN3O4/c26-19-14-8-7-13-18(19)15-20(23(27)31)28-25(33)22(30)21(16-9-3-1-4-10-16)29-24(32)17-11-5-2-6-12-17/h1-14,20-22,30H,15H2,(H2,27,31)(H,28,33)(H,29,32)/t20-,21-,22+/m0/s1. The Morgan fingerprint density at radius 2 is 1.42 bits per heavy atom. The summed E-state index contributed by atoms with van der Waals surface area (Å²) in [6.07, 6.45) is -1.53. The van der Waals surface area contributed by atoms with Crippen LogP contribution in [0.1, 0.15) is 27.5 Å². The number of nitrogens with two attached hydrogens (primary N) is 1. The van der Waals surface area contributed by atoms with Crippen molar-refractivity contribution >= 4 is 33.7 Å². The highest BCUT2D eigenvalue weighted by Crippen LogP contribution is 2.20. The SMILES string of the molecule is NC(=O)[C@H](Cc1ccccc1Br)NC(=O)[C@H](O)[C@@H](NC(=O)c1ccccc1)c1ccccc1. The fourth-order valence-corrected chi connectivity index (χ4v) is 3.78. The van der Waals surface area contributed by atoms with Gasteiger partial charge in [0.05, 0.1) is 6.04 Å². The first kappa shape index (κ1) is 24.2. The van der Waals surface area contributed by atoms with Gasteiger partial charge in [0.25, 0.3) is 11.8 Å². The lowest BCUT2D eigenvalue weighted by Crippen LogP contribution is -2.52. The van der Waals surface area contributed by atoms with E-state index in [0.29, 0.717) is 11.1 Å². The molecule has 170 valence electrons. The maximum Gasteiger partial charge on any atom is 0.252 e. The van der Waals surface area contributed by atoms with E-state index >= 15 is 0 Å². The van der Waals surface area contributed by atoms with Crippen LogP contribution in [0.3, 0.4) is 0 Å². The van der Waals surface area contributed by atoms with Crippen molar-refractivity contribution in [2.75, 3.05) is 0 Å². The molecule has 0 spiro atoms. The van der Waals surface area contributed by atoms with Gasteiger partial charge in [-0.25, -0.2) is 0 Å². The number of hydrogen-bond acceptors (Lipinski definition) is 4. The summed E-state index contributed by atoms with van der Waals surface area (Å²) in [5.41, 5.74) is 7.20. The summed E-state index contributed by atoms with van der Waals surface area (Å²) in [5.74, 6) is -2.01. The minimum absolute atomic E-state index is 0.140. The molecule has 0 aliphatic carbocycles. The van der Waals surface area contributed by atoms with Crippen molar-refractivity contribution in [1.29, 1.82) is 0 Å². The summed E-state index contributed by atoms with van der Waals surface area (Å²) in [5, 5.41) is 16.1. The second-order valence-electron chi connectivity index (χ2n) is 7.43. The van der Waals surface area contributed by atoms with Crippen LogP contribution in [0.25, 0.3) is 0 Å². The van der Waals surface area contributed by atoms with Gasteiger partial charge in [-0.15, -0.1) is 0 Å². The molecule has 0 fully saturated rings. The third-order valence-electron chi connectivity index (χ3n) is 5.11. The van der Waals surface area contributed by atoms with E-state index in [2.05, 4.69) is 26.6 Å². The average molecular weight is 510 g/mol.